The van der Waals surface area contributed by atoms with E-state index in [1.165, 1.54) is 4.31 Å². The van der Waals surface area contributed by atoms with Gasteiger partial charge in [-0.3, -0.25) is 0 Å². The number of benzene rings is 1. The summed E-state index contributed by atoms with van der Waals surface area (Å²) in [5.41, 5.74) is 7.10. The lowest BCUT2D eigenvalue weighted by atomic mass is 10.2. The van der Waals surface area contributed by atoms with Crippen LogP contribution in [0.2, 0.25) is 0 Å². The van der Waals surface area contributed by atoms with Crippen molar-refractivity contribution in [1.82, 2.24) is 9.29 Å². The number of nitrogen functional groups attached to an aromatic ring is 1. The van der Waals surface area contributed by atoms with Crippen LogP contribution in [-0.2, 0) is 10.0 Å². The topological polar surface area (TPSA) is 79.2 Å². The zero-order chi connectivity index (χ0) is 14.9. The fraction of sp³-hybridized carbons (Fsp3) is 0.429. The highest BCUT2D eigenvalue weighted by Gasteiger charge is 2.28. The summed E-state index contributed by atoms with van der Waals surface area (Å²) in [6, 6.07) is 5.17. The van der Waals surface area contributed by atoms with Gasteiger partial charge in [-0.15, -0.1) is 0 Å². The van der Waals surface area contributed by atoms with E-state index < -0.39 is 10.0 Å². The summed E-state index contributed by atoms with van der Waals surface area (Å²) in [4.78, 5) is 3.29. The molecule has 0 fully saturated rings. The van der Waals surface area contributed by atoms with Gasteiger partial charge in [0, 0.05) is 35.4 Å². The minimum Gasteiger partial charge on any atom is -0.399 e. The second kappa shape index (κ2) is 5.46. The molecular formula is C14H21N3O2S. The van der Waals surface area contributed by atoms with E-state index in [4.69, 9.17) is 5.73 Å². The number of hydrogen-bond donors (Lipinski definition) is 2. The Morgan fingerprint density at radius 2 is 2.05 bits per heavy atom. The Morgan fingerprint density at radius 1 is 1.35 bits per heavy atom. The molecule has 1 heterocycles. The minimum absolute atomic E-state index is 0.0778. The summed E-state index contributed by atoms with van der Waals surface area (Å²) in [7, 11) is -3.52. The standard InChI is InChI=1S/C14H21N3O2S/c1-4-7-17(10(2)3)20(18,19)14-9-16-13-6-5-11(15)8-12(13)14/h5-6,8-10,16H,4,7,15H2,1-3H3. The fourth-order valence-electron chi connectivity index (χ4n) is 2.33. The van der Waals surface area contributed by atoms with Gasteiger partial charge in [-0.25, -0.2) is 8.42 Å². The Labute approximate surface area is 119 Å². The Hall–Kier alpha value is -1.53. The monoisotopic (exact) mass is 295 g/mol. The third kappa shape index (κ3) is 2.53. The van der Waals surface area contributed by atoms with Crippen LogP contribution >= 0.6 is 0 Å². The Morgan fingerprint density at radius 3 is 2.65 bits per heavy atom. The van der Waals surface area contributed by atoms with Crippen molar-refractivity contribution in [1.29, 1.82) is 0 Å². The molecule has 0 saturated heterocycles. The van der Waals surface area contributed by atoms with Crippen LogP contribution in [0.5, 0.6) is 0 Å². The smallest absolute Gasteiger partial charge is 0.245 e. The van der Waals surface area contributed by atoms with E-state index in [0.717, 1.165) is 11.9 Å². The predicted molar refractivity (Wildman–Crippen MR) is 82.0 cm³/mol. The van der Waals surface area contributed by atoms with Gasteiger partial charge < -0.3 is 10.7 Å². The number of aromatic nitrogens is 1. The number of sulfonamides is 1. The number of aromatic amines is 1. The van der Waals surface area contributed by atoms with Crippen LogP contribution in [0, 0.1) is 0 Å². The van der Waals surface area contributed by atoms with Gasteiger partial charge in [-0.2, -0.15) is 4.31 Å². The Balaban J connectivity index is 2.59. The molecule has 5 nitrogen and oxygen atoms in total. The van der Waals surface area contributed by atoms with E-state index in [1.807, 2.05) is 20.8 Å². The number of nitrogens with zero attached hydrogens (tertiary/aromatic N) is 1. The van der Waals surface area contributed by atoms with E-state index in [-0.39, 0.29) is 6.04 Å². The zero-order valence-electron chi connectivity index (χ0n) is 12.1. The predicted octanol–water partition coefficient (Wildman–Crippen LogP) is 2.56. The Bertz CT molecular complexity index is 704. The van der Waals surface area contributed by atoms with Crippen LogP contribution in [0.25, 0.3) is 10.9 Å². The highest BCUT2D eigenvalue weighted by molar-refractivity contribution is 7.89. The molecule has 0 aliphatic rings. The minimum atomic E-state index is -3.52. The molecule has 0 aliphatic heterocycles. The van der Waals surface area contributed by atoms with Crippen LogP contribution in [0.1, 0.15) is 27.2 Å². The quantitative estimate of drug-likeness (QED) is 0.832. The molecule has 3 N–H and O–H groups in total. The summed E-state index contributed by atoms with van der Waals surface area (Å²) in [5.74, 6) is 0. The molecule has 0 atom stereocenters. The van der Waals surface area contributed by atoms with E-state index in [1.54, 1.807) is 24.4 Å². The third-order valence-corrected chi connectivity index (χ3v) is 5.39. The van der Waals surface area contributed by atoms with E-state index in [2.05, 4.69) is 4.98 Å². The van der Waals surface area contributed by atoms with Crippen LogP contribution in [-0.4, -0.2) is 30.3 Å². The molecule has 0 amide bonds. The summed E-state index contributed by atoms with van der Waals surface area (Å²) in [6.07, 6.45) is 2.33. The summed E-state index contributed by atoms with van der Waals surface area (Å²) >= 11 is 0. The number of fused-ring (bicyclic) bond motifs is 1. The average Bonchev–Trinajstić information content (AvgIpc) is 2.78. The van der Waals surface area contributed by atoms with Crippen molar-refractivity contribution in [3.63, 3.8) is 0 Å². The van der Waals surface area contributed by atoms with Crippen molar-refractivity contribution in [2.45, 2.75) is 38.1 Å². The number of nitrogens with two attached hydrogens (primary N) is 1. The van der Waals surface area contributed by atoms with E-state index >= 15 is 0 Å². The second-order valence-corrected chi connectivity index (χ2v) is 7.03. The van der Waals surface area contributed by atoms with Crippen molar-refractivity contribution < 1.29 is 8.42 Å². The molecule has 1 aromatic carbocycles. The molecule has 20 heavy (non-hydrogen) atoms. The van der Waals surface area contributed by atoms with Gasteiger partial charge in [0.05, 0.1) is 0 Å². The number of anilines is 1. The largest absolute Gasteiger partial charge is 0.399 e. The number of rotatable bonds is 5. The van der Waals surface area contributed by atoms with Crippen molar-refractivity contribution in [2.24, 2.45) is 0 Å². The lowest BCUT2D eigenvalue weighted by Gasteiger charge is -2.25. The summed E-state index contributed by atoms with van der Waals surface area (Å²) in [6.45, 7) is 6.25. The SMILES string of the molecule is CCCN(C(C)C)S(=O)(=O)c1c[nH]c2ccc(N)cc12. The highest BCUT2D eigenvalue weighted by atomic mass is 32.2. The molecule has 0 radical (unpaired) electrons. The van der Waals surface area contributed by atoms with Gasteiger partial charge in [-0.1, -0.05) is 6.92 Å². The van der Waals surface area contributed by atoms with Gasteiger partial charge in [0.15, 0.2) is 0 Å². The van der Waals surface area contributed by atoms with Crippen LogP contribution < -0.4 is 5.73 Å². The molecule has 0 aliphatic carbocycles. The summed E-state index contributed by atoms with van der Waals surface area (Å²) < 4.78 is 27.2. The van der Waals surface area contributed by atoms with E-state index in [9.17, 15) is 8.42 Å². The van der Waals surface area contributed by atoms with Crippen LogP contribution in [0.15, 0.2) is 29.3 Å². The number of hydrogen-bond acceptors (Lipinski definition) is 3. The van der Waals surface area contributed by atoms with Crippen LogP contribution in [0.4, 0.5) is 5.69 Å². The summed E-state index contributed by atoms with van der Waals surface area (Å²) in [5, 5.41) is 0.645. The van der Waals surface area contributed by atoms with Crippen molar-refractivity contribution in [2.75, 3.05) is 12.3 Å². The van der Waals surface area contributed by atoms with Crippen molar-refractivity contribution >= 4 is 26.6 Å². The average molecular weight is 295 g/mol. The molecule has 2 aromatic rings. The normalized spacial score (nSPS) is 12.7. The maximum absolute atomic E-state index is 12.8. The zero-order valence-corrected chi connectivity index (χ0v) is 12.9. The highest BCUT2D eigenvalue weighted by Crippen LogP contribution is 2.28. The van der Waals surface area contributed by atoms with Crippen molar-refractivity contribution in [3.05, 3.63) is 24.4 Å². The van der Waals surface area contributed by atoms with Crippen molar-refractivity contribution in [3.8, 4) is 0 Å². The lowest BCUT2D eigenvalue weighted by molar-refractivity contribution is 0.354. The third-order valence-electron chi connectivity index (χ3n) is 3.27. The van der Waals surface area contributed by atoms with Gasteiger partial charge in [-0.05, 0) is 38.5 Å². The van der Waals surface area contributed by atoms with Gasteiger partial charge in [0.2, 0.25) is 10.0 Å². The van der Waals surface area contributed by atoms with Gasteiger partial charge in [0.25, 0.3) is 0 Å². The first-order valence-corrected chi connectivity index (χ1v) is 8.20. The molecule has 0 unspecified atom stereocenters. The fourth-order valence-corrected chi connectivity index (χ4v) is 4.21. The molecule has 0 bridgehead atoms. The molecule has 0 saturated carbocycles. The molecule has 110 valence electrons. The molecule has 1 aromatic heterocycles. The maximum Gasteiger partial charge on any atom is 0.245 e. The molecule has 6 heteroatoms. The lowest BCUT2D eigenvalue weighted by Crippen LogP contribution is -2.37. The van der Waals surface area contributed by atoms with Gasteiger partial charge >= 0.3 is 0 Å². The van der Waals surface area contributed by atoms with E-state index in [0.29, 0.717) is 22.5 Å². The molecule has 2 rings (SSSR count). The first-order chi connectivity index (χ1) is 9.37. The second-order valence-electron chi connectivity index (χ2n) is 5.17. The number of H-pyrrole nitrogens is 1. The first-order valence-electron chi connectivity index (χ1n) is 6.76. The van der Waals surface area contributed by atoms with Crippen LogP contribution in [0.3, 0.4) is 0 Å². The maximum atomic E-state index is 12.8. The first kappa shape index (κ1) is 14.9. The molecule has 0 spiro atoms. The Kier molecular flexibility index (Phi) is 4.06. The number of nitrogens with one attached hydrogen (secondary N) is 1. The molecular weight excluding hydrogens is 274 g/mol. The van der Waals surface area contributed by atoms with Gasteiger partial charge in [0.1, 0.15) is 4.90 Å².